The maximum absolute atomic E-state index is 13.3. The third kappa shape index (κ3) is 5.14. The van der Waals surface area contributed by atoms with Crippen molar-refractivity contribution in [2.24, 2.45) is 0 Å². The maximum Gasteiger partial charge on any atom is 0.355 e. The van der Waals surface area contributed by atoms with Gasteiger partial charge in [0.05, 0.1) is 32.2 Å². The van der Waals surface area contributed by atoms with Gasteiger partial charge in [-0.1, -0.05) is 6.07 Å². The van der Waals surface area contributed by atoms with Crippen LogP contribution in [0.4, 0.5) is 10.5 Å². The van der Waals surface area contributed by atoms with E-state index in [4.69, 9.17) is 13.9 Å². The molecule has 0 aliphatic carbocycles. The summed E-state index contributed by atoms with van der Waals surface area (Å²) in [5, 5.41) is 2.94. The van der Waals surface area contributed by atoms with Gasteiger partial charge >= 0.3 is 12.0 Å². The second-order valence-electron chi connectivity index (χ2n) is 7.52. The Hall–Kier alpha value is -3.68. The average Bonchev–Trinajstić information content (AvgIpc) is 3.37. The number of urea groups is 1. The first-order chi connectivity index (χ1) is 15.3. The number of esters is 1. The average molecular weight is 440 g/mol. The van der Waals surface area contributed by atoms with Crippen LogP contribution in [0, 0.1) is 20.8 Å². The van der Waals surface area contributed by atoms with Gasteiger partial charge in [-0.25, -0.2) is 9.59 Å². The van der Waals surface area contributed by atoms with E-state index in [0.29, 0.717) is 22.9 Å². The molecule has 0 fully saturated rings. The number of amides is 2. The number of rotatable bonds is 8. The summed E-state index contributed by atoms with van der Waals surface area (Å²) >= 11 is 0. The van der Waals surface area contributed by atoms with E-state index in [2.05, 4.69) is 10.3 Å². The van der Waals surface area contributed by atoms with Crippen molar-refractivity contribution in [1.82, 2.24) is 9.88 Å². The number of aryl methyl sites for hydroxylation is 2. The summed E-state index contributed by atoms with van der Waals surface area (Å²) in [7, 11) is 1.56. The lowest BCUT2D eigenvalue weighted by molar-refractivity contribution is 0.0519. The largest absolute Gasteiger partial charge is 0.495 e. The molecule has 2 N–H and O–H groups in total. The Kier molecular flexibility index (Phi) is 7.25. The van der Waals surface area contributed by atoms with Crippen molar-refractivity contribution in [3.05, 3.63) is 70.4 Å². The van der Waals surface area contributed by atoms with Crippen molar-refractivity contribution < 1.29 is 23.5 Å². The lowest BCUT2D eigenvalue weighted by Crippen LogP contribution is -2.34. The number of carbonyl (C=O) groups is 2. The topological polar surface area (TPSA) is 96.8 Å². The van der Waals surface area contributed by atoms with Gasteiger partial charge in [0.15, 0.2) is 0 Å². The molecule has 0 unspecified atom stereocenters. The van der Waals surface area contributed by atoms with Gasteiger partial charge in [0.2, 0.25) is 0 Å². The first-order valence-electron chi connectivity index (χ1n) is 10.4. The molecule has 0 radical (unpaired) electrons. The molecule has 0 bridgehead atoms. The van der Waals surface area contributed by atoms with Gasteiger partial charge in [0, 0.05) is 12.2 Å². The molecule has 8 heteroatoms. The van der Waals surface area contributed by atoms with Gasteiger partial charge in [0.1, 0.15) is 17.2 Å². The first-order valence-corrected chi connectivity index (χ1v) is 10.4. The van der Waals surface area contributed by atoms with Crippen molar-refractivity contribution in [1.29, 1.82) is 0 Å². The Labute approximate surface area is 187 Å². The molecular formula is C24H29N3O5. The highest BCUT2D eigenvalue weighted by molar-refractivity contribution is 5.92. The summed E-state index contributed by atoms with van der Waals surface area (Å²) in [6.07, 6.45) is 1.57. The number of anilines is 1. The van der Waals surface area contributed by atoms with E-state index in [1.54, 1.807) is 31.3 Å². The molecule has 2 amide bonds. The predicted octanol–water partition coefficient (Wildman–Crippen LogP) is 4.95. The zero-order valence-corrected chi connectivity index (χ0v) is 19.1. The Morgan fingerprint density at radius 2 is 1.94 bits per heavy atom. The zero-order valence-electron chi connectivity index (χ0n) is 19.1. The van der Waals surface area contributed by atoms with Crippen LogP contribution in [0.25, 0.3) is 0 Å². The fourth-order valence-electron chi connectivity index (χ4n) is 3.53. The molecule has 1 aromatic carbocycles. The van der Waals surface area contributed by atoms with Crippen LogP contribution in [-0.4, -0.2) is 35.6 Å². The molecule has 2 aromatic heterocycles. The number of benzene rings is 1. The van der Waals surface area contributed by atoms with Crippen molar-refractivity contribution in [3.63, 3.8) is 0 Å². The third-order valence-electron chi connectivity index (χ3n) is 5.23. The predicted molar refractivity (Wildman–Crippen MR) is 121 cm³/mol. The number of nitrogens with zero attached hydrogens (tertiary/aromatic N) is 1. The lowest BCUT2D eigenvalue weighted by atomic mass is 10.1. The van der Waals surface area contributed by atoms with Gasteiger partial charge in [-0.2, -0.15) is 0 Å². The van der Waals surface area contributed by atoms with Gasteiger partial charge in [-0.15, -0.1) is 0 Å². The van der Waals surface area contributed by atoms with Crippen molar-refractivity contribution in [2.45, 2.75) is 40.8 Å². The summed E-state index contributed by atoms with van der Waals surface area (Å²) in [6, 6.07) is 8.86. The van der Waals surface area contributed by atoms with Crippen LogP contribution in [-0.2, 0) is 17.8 Å². The molecule has 170 valence electrons. The minimum atomic E-state index is -0.411. The SMILES string of the molecule is CCOC(=O)c1[nH]c(C)c(CN(Cc2ccco2)C(=O)Nc2cc(C)ccc2OC)c1C. The first kappa shape index (κ1) is 23.0. The van der Waals surface area contributed by atoms with Crippen molar-refractivity contribution in [3.8, 4) is 5.75 Å². The maximum atomic E-state index is 13.3. The Morgan fingerprint density at radius 1 is 1.16 bits per heavy atom. The molecule has 0 atom stereocenters. The molecular weight excluding hydrogens is 410 g/mol. The highest BCUT2D eigenvalue weighted by Gasteiger charge is 2.23. The highest BCUT2D eigenvalue weighted by atomic mass is 16.5. The number of methoxy groups -OCH3 is 1. The van der Waals surface area contributed by atoms with Crippen molar-refractivity contribution >= 4 is 17.7 Å². The lowest BCUT2D eigenvalue weighted by Gasteiger charge is -2.23. The van der Waals surface area contributed by atoms with E-state index < -0.39 is 5.97 Å². The molecule has 3 rings (SSSR count). The molecule has 32 heavy (non-hydrogen) atoms. The molecule has 0 saturated carbocycles. The van der Waals surface area contributed by atoms with E-state index in [9.17, 15) is 9.59 Å². The second kappa shape index (κ2) is 10.1. The van der Waals surface area contributed by atoms with Crippen LogP contribution in [0.1, 0.15) is 45.6 Å². The quantitative estimate of drug-likeness (QED) is 0.484. The fourth-order valence-corrected chi connectivity index (χ4v) is 3.53. The number of hydrogen-bond donors (Lipinski definition) is 2. The van der Waals surface area contributed by atoms with E-state index in [-0.39, 0.29) is 25.7 Å². The second-order valence-corrected chi connectivity index (χ2v) is 7.52. The van der Waals surface area contributed by atoms with Crippen LogP contribution < -0.4 is 10.1 Å². The molecule has 0 aliphatic heterocycles. The number of H-pyrrole nitrogens is 1. The summed E-state index contributed by atoms with van der Waals surface area (Å²) in [5.41, 5.74) is 4.39. The molecule has 0 saturated heterocycles. The Morgan fingerprint density at radius 3 is 2.59 bits per heavy atom. The number of aromatic amines is 1. The standard InChI is InChI=1S/C24H29N3O5/c1-6-31-23(28)22-16(3)19(17(4)25-22)14-27(13-18-8-7-11-32-18)24(29)26-20-12-15(2)9-10-21(20)30-5/h7-12,25H,6,13-14H2,1-5H3,(H,26,29). The van der Waals surface area contributed by atoms with Crippen LogP contribution in [0.2, 0.25) is 0 Å². The van der Waals surface area contributed by atoms with Gasteiger partial charge in [-0.05, 0) is 68.7 Å². The molecule has 3 aromatic rings. The summed E-state index contributed by atoms with van der Waals surface area (Å²) in [4.78, 5) is 30.3. The molecule has 8 nitrogen and oxygen atoms in total. The number of carbonyl (C=O) groups excluding carboxylic acids is 2. The summed E-state index contributed by atoms with van der Waals surface area (Å²) < 4.78 is 16.0. The smallest absolute Gasteiger partial charge is 0.355 e. The monoisotopic (exact) mass is 439 g/mol. The summed E-state index contributed by atoms with van der Waals surface area (Å²) in [5.74, 6) is 0.805. The Bertz CT molecular complexity index is 1090. The Balaban J connectivity index is 1.90. The minimum Gasteiger partial charge on any atom is -0.495 e. The third-order valence-corrected chi connectivity index (χ3v) is 5.23. The highest BCUT2D eigenvalue weighted by Crippen LogP contribution is 2.27. The number of nitrogens with one attached hydrogen (secondary N) is 2. The minimum absolute atomic E-state index is 0.256. The number of hydrogen-bond acceptors (Lipinski definition) is 5. The van der Waals surface area contributed by atoms with Crippen molar-refractivity contribution in [2.75, 3.05) is 19.0 Å². The molecule has 0 aliphatic rings. The van der Waals surface area contributed by atoms with Crippen LogP contribution in [0.5, 0.6) is 5.75 Å². The molecule has 0 spiro atoms. The number of furan rings is 1. The number of aromatic nitrogens is 1. The van der Waals surface area contributed by atoms with E-state index in [0.717, 1.165) is 22.4 Å². The molecule has 2 heterocycles. The van der Waals surface area contributed by atoms with E-state index in [1.807, 2.05) is 45.0 Å². The van der Waals surface area contributed by atoms with Gasteiger partial charge < -0.3 is 29.1 Å². The number of ether oxygens (including phenoxy) is 2. The van der Waals surface area contributed by atoms with E-state index in [1.165, 1.54) is 0 Å². The van der Waals surface area contributed by atoms with Crippen LogP contribution in [0.15, 0.2) is 41.0 Å². The van der Waals surface area contributed by atoms with Crippen LogP contribution in [0.3, 0.4) is 0 Å². The summed E-state index contributed by atoms with van der Waals surface area (Å²) in [6.45, 7) is 8.24. The zero-order chi connectivity index (χ0) is 23.3. The van der Waals surface area contributed by atoms with Gasteiger partial charge in [0.25, 0.3) is 0 Å². The normalized spacial score (nSPS) is 10.7. The van der Waals surface area contributed by atoms with Gasteiger partial charge in [-0.3, -0.25) is 0 Å². The van der Waals surface area contributed by atoms with E-state index >= 15 is 0 Å². The van der Waals surface area contributed by atoms with Crippen LogP contribution >= 0.6 is 0 Å². The fraction of sp³-hybridized carbons (Fsp3) is 0.333.